The molecule has 1 aliphatic rings. The highest BCUT2D eigenvalue weighted by atomic mass is 79.9. The van der Waals surface area contributed by atoms with Crippen molar-refractivity contribution in [2.45, 2.75) is 31.2 Å². The number of carbonyl (C=O) groups is 1. The Kier molecular flexibility index (Phi) is 3.54. The van der Waals surface area contributed by atoms with Crippen molar-refractivity contribution < 1.29 is 9.90 Å². The molecule has 1 aromatic carbocycles. The SMILES string of the molecule is C[C@@H](CO)NC(=O)C1(c2ccc(Br)cc2)CC1. The molecule has 1 fully saturated rings. The van der Waals surface area contributed by atoms with Gasteiger partial charge in [-0.05, 0) is 37.5 Å². The van der Waals surface area contributed by atoms with Crippen LogP contribution < -0.4 is 5.32 Å². The summed E-state index contributed by atoms with van der Waals surface area (Å²) in [6.07, 6.45) is 1.78. The average Bonchev–Trinajstić information content (AvgIpc) is 3.11. The zero-order chi connectivity index (χ0) is 12.5. The van der Waals surface area contributed by atoms with Crippen molar-refractivity contribution in [2.24, 2.45) is 0 Å². The number of amides is 1. The van der Waals surface area contributed by atoms with E-state index in [1.807, 2.05) is 24.3 Å². The van der Waals surface area contributed by atoms with Gasteiger partial charge >= 0.3 is 0 Å². The number of hydrogen-bond donors (Lipinski definition) is 2. The number of nitrogens with one attached hydrogen (secondary N) is 1. The molecule has 1 amide bonds. The molecular formula is C13H16BrNO2. The van der Waals surface area contributed by atoms with Crippen LogP contribution in [0.5, 0.6) is 0 Å². The second kappa shape index (κ2) is 4.78. The molecule has 2 rings (SSSR count). The Morgan fingerprint density at radius 3 is 2.53 bits per heavy atom. The zero-order valence-electron chi connectivity index (χ0n) is 9.74. The van der Waals surface area contributed by atoms with E-state index in [0.29, 0.717) is 0 Å². The maximum atomic E-state index is 12.1. The van der Waals surface area contributed by atoms with Crippen LogP contribution in [0.1, 0.15) is 25.3 Å². The van der Waals surface area contributed by atoms with E-state index in [-0.39, 0.29) is 24.0 Å². The predicted octanol–water partition coefficient (Wildman–Crippen LogP) is 1.98. The van der Waals surface area contributed by atoms with E-state index in [0.717, 1.165) is 22.9 Å². The van der Waals surface area contributed by atoms with E-state index in [2.05, 4.69) is 21.2 Å². The fourth-order valence-electron chi connectivity index (χ4n) is 1.95. The topological polar surface area (TPSA) is 49.3 Å². The van der Waals surface area contributed by atoms with Gasteiger partial charge in [-0.1, -0.05) is 28.1 Å². The Morgan fingerprint density at radius 1 is 1.47 bits per heavy atom. The molecule has 0 aliphatic heterocycles. The van der Waals surface area contributed by atoms with Gasteiger partial charge in [-0.25, -0.2) is 0 Å². The molecule has 92 valence electrons. The molecule has 1 atom stereocenters. The van der Waals surface area contributed by atoms with Gasteiger partial charge < -0.3 is 10.4 Å². The standard InChI is InChI=1S/C13H16BrNO2/c1-9(8-16)15-12(17)13(6-7-13)10-2-4-11(14)5-3-10/h2-5,9,16H,6-8H2,1H3,(H,15,17)/t9-/m0/s1. The quantitative estimate of drug-likeness (QED) is 0.893. The number of halogens is 1. The lowest BCUT2D eigenvalue weighted by molar-refractivity contribution is -0.124. The second-order valence-electron chi connectivity index (χ2n) is 4.65. The van der Waals surface area contributed by atoms with Crippen molar-refractivity contribution in [1.29, 1.82) is 0 Å². The van der Waals surface area contributed by atoms with Gasteiger partial charge in [-0.2, -0.15) is 0 Å². The lowest BCUT2D eigenvalue weighted by atomic mass is 9.95. The molecule has 0 bridgehead atoms. The number of aliphatic hydroxyl groups is 1. The minimum Gasteiger partial charge on any atom is -0.394 e. The maximum Gasteiger partial charge on any atom is 0.230 e. The average molecular weight is 298 g/mol. The molecule has 0 radical (unpaired) electrons. The van der Waals surface area contributed by atoms with Gasteiger partial charge in [0.1, 0.15) is 0 Å². The smallest absolute Gasteiger partial charge is 0.230 e. The van der Waals surface area contributed by atoms with Crippen LogP contribution in [0, 0.1) is 0 Å². The third-order valence-electron chi connectivity index (χ3n) is 3.23. The molecule has 0 saturated heterocycles. The number of rotatable bonds is 4. The maximum absolute atomic E-state index is 12.1. The number of carbonyl (C=O) groups excluding carboxylic acids is 1. The van der Waals surface area contributed by atoms with Crippen molar-refractivity contribution in [1.82, 2.24) is 5.32 Å². The summed E-state index contributed by atoms with van der Waals surface area (Å²) in [7, 11) is 0. The molecule has 17 heavy (non-hydrogen) atoms. The van der Waals surface area contributed by atoms with Crippen molar-refractivity contribution >= 4 is 21.8 Å². The molecule has 1 saturated carbocycles. The summed E-state index contributed by atoms with van der Waals surface area (Å²) in [6.45, 7) is 1.78. The van der Waals surface area contributed by atoms with Crippen molar-refractivity contribution in [3.05, 3.63) is 34.3 Å². The summed E-state index contributed by atoms with van der Waals surface area (Å²) >= 11 is 3.39. The van der Waals surface area contributed by atoms with Gasteiger partial charge in [0, 0.05) is 10.5 Å². The monoisotopic (exact) mass is 297 g/mol. The molecular weight excluding hydrogens is 282 g/mol. The molecule has 0 spiro atoms. The summed E-state index contributed by atoms with van der Waals surface area (Å²) in [5, 5.41) is 11.8. The van der Waals surface area contributed by atoms with Crippen LogP contribution in [0.2, 0.25) is 0 Å². The largest absolute Gasteiger partial charge is 0.394 e. The van der Waals surface area contributed by atoms with Gasteiger partial charge in [0.15, 0.2) is 0 Å². The van der Waals surface area contributed by atoms with E-state index < -0.39 is 0 Å². The third kappa shape index (κ3) is 2.53. The second-order valence-corrected chi connectivity index (χ2v) is 5.56. The van der Waals surface area contributed by atoms with Crippen LogP contribution >= 0.6 is 15.9 Å². The third-order valence-corrected chi connectivity index (χ3v) is 3.76. The summed E-state index contributed by atoms with van der Waals surface area (Å²) in [4.78, 5) is 12.1. The number of benzene rings is 1. The summed E-state index contributed by atoms with van der Waals surface area (Å²) in [5.74, 6) is 0.0290. The summed E-state index contributed by atoms with van der Waals surface area (Å²) < 4.78 is 1.01. The molecule has 3 nitrogen and oxygen atoms in total. The molecule has 2 N–H and O–H groups in total. The Bertz CT molecular complexity index is 412. The summed E-state index contributed by atoms with van der Waals surface area (Å²) in [5.41, 5.74) is 0.702. The van der Waals surface area contributed by atoms with E-state index >= 15 is 0 Å². The van der Waals surface area contributed by atoms with Crippen molar-refractivity contribution in [3.8, 4) is 0 Å². The Morgan fingerprint density at radius 2 is 2.06 bits per heavy atom. The Balaban J connectivity index is 2.14. The highest BCUT2D eigenvalue weighted by Crippen LogP contribution is 2.48. The van der Waals surface area contributed by atoms with E-state index in [4.69, 9.17) is 5.11 Å². The number of aliphatic hydroxyl groups excluding tert-OH is 1. The molecule has 1 aliphatic carbocycles. The Hall–Kier alpha value is -0.870. The lowest BCUT2D eigenvalue weighted by Gasteiger charge is -2.18. The minimum absolute atomic E-state index is 0.0256. The first-order chi connectivity index (χ1) is 8.08. The van der Waals surface area contributed by atoms with Crippen LogP contribution in [-0.2, 0) is 10.2 Å². The first-order valence-electron chi connectivity index (χ1n) is 5.76. The van der Waals surface area contributed by atoms with Gasteiger partial charge in [-0.3, -0.25) is 4.79 Å². The minimum atomic E-state index is -0.357. The lowest BCUT2D eigenvalue weighted by Crippen LogP contribution is -2.41. The van der Waals surface area contributed by atoms with Crippen LogP contribution in [0.15, 0.2) is 28.7 Å². The van der Waals surface area contributed by atoms with Crippen LogP contribution in [0.3, 0.4) is 0 Å². The van der Waals surface area contributed by atoms with E-state index in [1.165, 1.54) is 0 Å². The normalized spacial score (nSPS) is 18.5. The molecule has 1 aromatic rings. The van der Waals surface area contributed by atoms with E-state index in [9.17, 15) is 4.79 Å². The van der Waals surface area contributed by atoms with Crippen LogP contribution in [0.25, 0.3) is 0 Å². The van der Waals surface area contributed by atoms with Crippen molar-refractivity contribution in [2.75, 3.05) is 6.61 Å². The van der Waals surface area contributed by atoms with Gasteiger partial charge in [0.25, 0.3) is 0 Å². The first kappa shape index (κ1) is 12.6. The highest BCUT2D eigenvalue weighted by molar-refractivity contribution is 9.10. The summed E-state index contributed by atoms with van der Waals surface area (Å²) in [6, 6.07) is 7.70. The predicted molar refractivity (Wildman–Crippen MR) is 69.7 cm³/mol. The van der Waals surface area contributed by atoms with Crippen molar-refractivity contribution in [3.63, 3.8) is 0 Å². The number of hydrogen-bond acceptors (Lipinski definition) is 2. The van der Waals surface area contributed by atoms with Gasteiger partial charge in [-0.15, -0.1) is 0 Å². The fraction of sp³-hybridized carbons (Fsp3) is 0.462. The molecule has 0 aromatic heterocycles. The highest BCUT2D eigenvalue weighted by Gasteiger charge is 2.51. The van der Waals surface area contributed by atoms with Crippen LogP contribution in [-0.4, -0.2) is 23.7 Å². The Labute approximate surface area is 109 Å². The van der Waals surface area contributed by atoms with Gasteiger partial charge in [0.2, 0.25) is 5.91 Å². The van der Waals surface area contributed by atoms with Crippen LogP contribution in [0.4, 0.5) is 0 Å². The molecule has 4 heteroatoms. The fourth-order valence-corrected chi connectivity index (χ4v) is 2.21. The molecule has 0 heterocycles. The van der Waals surface area contributed by atoms with E-state index in [1.54, 1.807) is 6.92 Å². The van der Waals surface area contributed by atoms with Gasteiger partial charge in [0.05, 0.1) is 12.0 Å². The zero-order valence-corrected chi connectivity index (χ0v) is 11.3. The molecule has 0 unspecified atom stereocenters. The first-order valence-corrected chi connectivity index (χ1v) is 6.56.